The first-order chi connectivity index (χ1) is 9.40. The molecule has 0 spiro atoms. The molecular weight excluding hydrogens is 287 g/mol. The molecule has 0 aliphatic rings. The van der Waals surface area contributed by atoms with Crippen molar-refractivity contribution in [1.82, 2.24) is 0 Å². The lowest BCUT2D eigenvalue weighted by molar-refractivity contribution is -0.116. The van der Waals surface area contributed by atoms with Crippen molar-refractivity contribution < 1.29 is 23.9 Å². The lowest BCUT2D eigenvalue weighted by Crippen LogP contribution is -2.16. The Kier molecular flexibility index (Phi) is 5.98. The average molecular weight is 300 g/mol. The summed E-state index contributed by atoms with van der Waals surface area (Å²) in [6.45, 7) is 0. The Balaban J connectivity index is 2.50. The summed E-state index contributed by atoms with van der Waals surface area (Å²) in [5, 5.41) is 11.0. The molecule has 1 aromatic carbocycles. The van der Waals surface area contributed by atoms with Crippen LogP contribution in [0, 0.1) is 5.82 Å². The van der Waals surface area contributed by atoms with E-state index in [9.17, 15) is 18.8 Å². The molecule has 20 heavy (non-hydrogen) atoms. The summed E-state index contributed by atoms with van der Waals surface area (Å²) in [5.41, 5.74) is 4.65. The van der Waals surface area contributed by atoms with Gasteiger partial charge in [-0.2, -0.15) is 11.8 Å². The normalized spacial score (nSPS) is 10.1. The van der Waals surface area contributed by atoms with Crippen molar-refractivity contribution in [2.75, 3.05) is 16.8 Å². The van der Waals surface area contributed by atoms with Crippen molar-refractivity contribution in [3.05, 3.63) is 29.6 Å². The van der Waals surface area contributed by atoms with Crippen molar-refractivity contribution >= 4 is 35.2 Å². The Bertz CT molecular complexity index is 536. The molecule has 0 aliphatic heterocycles. The highest BCUT2D eigenvalue weighted by Gasteiger charge is 2.10. The van der Waals surface area contributed by atoms with Crippen LogP contribution in [0.1, 0.15) is 16.8 Å². The minimum absolute atomic E-state index is 0.0834. The predicted molar refractivity (Wildman–Crippen MR) is 73.1 cm³/mol. The molecule has 0 radical (unpaired) electrons. The van der Waals surface area contributed by atoms with E-state index in [4.69, 9.17) is 10.8 Å². The number of anilines is 1. The fourth-order valence-electron chi connectivity index (χ4n) is 1.30. The largest absolute Gasteiger partial charge is 0.478 e. The fourth-order valence-corrected chi connectivity index (χ4v) is 1.98. The number of carboxylic acid groups (broad SMARTS) is 1. The summed E-state index contributed by atoms with van der Waals surface area (Å²) in [5.74, 6) is -2.46. The Morgan fingerprint density at radius 1 is 1.35 bits per heavy atom. The van der Waals surface area contributed by atoms with Crippen molar-refractivity contribution in [2.45, 2.75) is 6.42 Å². The molecule has 2 amide bonds. The monoisotopic (exact) mass is 300 g/mol. The minimum Gasteiger partial charge on any atom is -0.478 e. The number of thioether (sulfide) groups is 1. The average Bonchev–Trinajstić information content (AvgIpc) is 2.36. The molecule has 0 aromatic heterocycles. The zero-order chi connectivity index (χ0) is 15.1. The van der Waals surface area contributed by atoms with Crippen LogP contribution < -0.4 is 11.1 Å². The van der Waals surface area contributed by atoms with Gasteiger partial charge in [0.15, 0.2) is 0 Å². The topological polar surface area (TPSA) is 109 Å². The Hall–Kier alpha value is -2.09. The smallest absolute Gasteiger partial charge is 0.335 e. The van der Waals surface area contributed by atoms with Gasteiger partial charge in [-0.1, -0.05) is 0 Å². The van der Waals surface area contributed by atoms with Crippen LogP contribution in [-0.2, 0) is 9.59 Å². The van der Waals surface area contributed by atoms with Crippen molar-refractivity contribution in [3.63, 3.8) is 0 Å². The van der Waals surface area contributed by atoms with Crippen molar-refractivity contribution in [1.29, 1.82) is 0 Å². The number of halogens is 1. The summed E-state index contributed by atoms with van der Waals surface area (Å²) in [6.07, 6.45) is 0.0953. The van der Waals surface area contributed by atoms with Crippen LogP contribution in [-0.4, -0.2) is 34.4 Å². The summed E-state index contributed by atoms with van der Waals surface area (Å²) < 4.78 is 13.5. The molecule has 4 N–H and O–H groups in total. The molecule has 0 heterocycles. The molecule has 0 unspecified atom stereocenters. The number of aromatic carboxylic acids is 1. The number of carboxylic acids is 1. The summed E-state index contributed by atoms with van der Waals surface area (Å²) in [6, 6.07) is 3.22. The third-order valence-corrected chi connectivity index (χ3v) is 3.19. The molecule has 8 heteroatoms. The van der Waals surface area contributed by atoms with Crippen LogP contribution in [0.4, 0.5) is 10.1 Å². The van der Waals surface area contributed by atoms with E-state index in [-0.39, 0.29) is 23.4 Å². The van der Waals surface area contributed by atoms with Crippen molar-refractivity contribution in [3.8, 4) is 0 Å². The number of benzene rings is 1. The molecule has 108 valence electrons. The highest BCUT2D eigenvalue weighted by molar-refractivity contribution is 7.99. The van der Waals surface area contributed by atoms with E-state index in [2.05, 4.69) is 5.32 Å². The van der Waals surface area contributed by atoms with E-state index in [1.54, 1.807) is 0 Å². The van der Waals surface area contributed by atoms with E-state index < -0.39 is 23.6 Å². The third kappa shape index (κ3) is 5.27. The first kappa shape index (κ1) is 16.0. The highest BCUT2D eigenvalue weighted by atomic mass is 32.2. The Morgan fingerprint density at radius 2 is 2.05 bits per heavy atom. The molecule has 0 aliphatic carbocycles. The second-order valence-corrected chi connectivity index (χ2v) is 4.92. The highest BCUT2D eigenvalue weighted by Crippen LogP contribution is 2.16. The van der Waals surface area contributed by atoms with Crippen LogP contribution in [0.25, 0.3) is 0 Å². The van der Waals surface area contributed by atoms with Gasteiger partial charge in [0.05, 0.1) is 17.0 Å². The van der Waals surface area contributed by atoms with Crippen LogP contribution >= 0.6 is 11.8 Å². The molecule has 1 aromatic rings. The number of carbonyl (C=O) groups excluding carboxylic acids is 2. The molecule has 0 saturated heterocycles. The van der Waals surface area contributed by atoms with Crippen molar-refractivity contribution in [2.24, 2.45) is 5.73 Å². The van der Waals surface area contributed by atoms with Gasteiger partial charge in [0.1, 0.15) is 5.82 Å². The van der Waals surface area contributed by atoms with E-state index in [0.717, 1.165) is 6.07 Å². The number of carbonyl (C=O) groups is 3. The number of hydrogen-bond donors (Lipinski definition) is 3. The minimum atomic E-state index is -1.25. The van der Waals surface area contributed by atoms with E-state index in [0.29, 0.717) is 5.75 Å². The predicted octanol–water partition coefficient (Wildman–Crippen LogP) is 1.07. The molecule has 0 atom stereocenters. The van der Waals surface area contributed by atoms with E-state index >= 15 is 0 Å². The second kappa shape index (κ2) is 7.49. The van der Waals surface area contributed by atoms with Gasteiger partial charge in [0, 0.05) is 12.2 Å². The van der Waals surface area contributed by atoms with Gasteiger partial charge in [-0.25, -0.2) is 9.18 Å². The lowest BCUT2D eigenvalue weighted by atomic mass is 10.2. The van der Waals surface area contributed by atoms with E-state index in [1.807, 2.05) is 0 Å². The quantitative estimate of drug-likeness (QED) is 0.653. The second-order valence-electron chi connectivity index (χ2n) is 3.82. The summed E-state index contributed by atoms with van der Waals surface area (Å²) in [4.78, 5) is 32.6. The molecule has 6 nitrogen and oxygen atoms in total. The first-order valence-corrected chi connectivity index (χ1v) is 6.74. The molecule has 0 fully saturated rings. The van der Waals surface area contributed by atoms with Gasteiger partial charge in [-0.05, 0) is 18.2 Å². The standard InChI is InChI=1S/C12H13FN2O4S/c13-8-5-7(12(18)19)1-2-9(8)15-11(17)3-4-20-6-10(14)16/h1-2,5H,3-4,6H2,(H2,14,16)(H,15,17)(H,18,19). The maximum absolute atomic E-state index is 13.5. The summed E-state index contributed by atoms with van der Waals surface area (Å²) in [7, 11) is 0. The zero-order valence-corrected chi connectivity index (χ0v) is 11.2. The lowest BCUT2D eigenvalue weighted by Gasteiger charge is -2.06. The third-order valence-electron chi connectivity index (χ3n) is 2.21. The molecule has 1 rings (SSSR count). The number of nitrogens with one attached hydrogen (secondary N) is 1. The van der Waals surface area contributed by atoms with Gasteiger partial charge in [-0.3, -0.25) is 9.59 Å². The van der Waals surface area contributed by atoms with Gasteiger partial charge < -0.3 is 16.2 Å². The van der Waals surface area contributed by atoms with Crippen LogP contribution in [0.15, 0.2) is 18.2 Å². The zero-order valence-electron chi connectivity index (χ0n) is 10.4. The molecule has 0 saturated carbocycles. The summed E-state index contributed by atoms with van der Waals surface area (Å²) >= 11 is 1.20. The molecule has 0 bridgehead atoms. The number of hydrogen-bond acceptors (Lipinski definition) is 4. The maximum Gasteiger partial charge on any atom is 0.335 e. The molecular formula is C12H13FN2O4S. The fraction of sp³-hybridized carbons (Fsp3) is 0.250. The first-order valence-electron chi connectivity index (χ1n) is 5.59. The van der Waals surface area contributed by atoms with Gasteiger partial charge in [-0.15, -0.1) is 0 Å². The maximum atomic E-state index is 13.5. The van der Waals surface area contributed by atoms with Crippen LogP contribution in [0.2, 0.25) is 0 Å². The van der Waals surface area contributed by atoms with Gasteiger partial charge in [0.25, 0.3) is 0 Å². The van der Waals surface area contributed by atoms with Gasteiger partial charge >= 0.3 is 5.97 Å². The number of rotatable bonds is 7. The SMILES string of the molecule is NC(=O)CSCCC(=O)Nc1ccc(C(=O)O)cc1F. The van der Waals surface area contributed by atoms with Gasteiger partial charge in [0.2, 0.25) is 11.8 Å². The number of primary amides is 1. The number of nitrogens with two attached hydrogens (primary N) is 1. The van der Waals surface area contributed by atoms with Crippen LogP contribution in [0.5, 0.6) is 0 Å². The Labute approximate surface area is 118 Å². The Morgan fingerprint density at radius 3 is 2.60 bits per heavy atom. The van der Waals surface area contributed by atoms with Crippen LogP contribution in [0.3, 0.4) is 0 Å². The number of amides is 2. The van der Waals surface area contributed by atoms with E-state index in [1.165, 1.54) is 23.9 Å².